The molecule has 7 atom stereocenters. The van der Waals surface area contributed by atoms with Crippen molar-refractivity contribution in [1.82, 2.24) is 15.2 Å². The molecule has 0 amide bonds. The van der Waals surface area contributed by atoms with Crippen molar-refractivity contribution in [3.8, 4) is 0 Å². The molecular formula is C36H49FN4O2. The predicted octanol–water partition coefficient (Wildman–Crippen LogP) is 7.95. The molecule has 7 heteroatoms. The van der Waals surface area contributed by atoms with E-state index in [9.17, 15) is 14.3 Å². The number of allylic oxidation sites excluding steroid dienone is 2. The number of pyridine rings is 1. The first-order valence-corrected chi connectivity index (χ1v) is 16.4. The zero-order valence-electron chi connectivity index (χ0n) is 27.0. The topological polar surface area (TPSA) is 105 Å². The van der Waals surface area contributed by atoms with Gasteiger partial charge < -0.3 is 10.8 Å². The Bertz CT molecular complexity index is 1540. The Morgan fingerprint density at radius 2 is 1.74 bits per heavy atom. The molecule has 3 fully saturated rings. The van der Waals surface area contributed by atoms with Gasteiger partial charge in [0.2, 0.25) is 5.95 Å². The van der Waals surface area contributed by atoms with Gasteiger partial charge in [0, 0.05) is 17.2 Å². The lowest BCUT2D eigenvalue weighted by molar-refractivity contribution is -0.175. The second-order valence-corrected chi connectivity index (χ2v) is 17.1. The molecule has 2 heterocycles. The number of hydrogen-bond acceptors (Lipinski definition) is 4. The minimum atomic E-state index is -0.750. The lowest BCUT2D eigenvalue weighted by Crippen LogP contribution is -2.65. The van der Waals surface area contributed by atoms with E-state index in [0.717, 1.165) is 56.2 Å². The summed E-state index contributed by atoms with van der Waals surface area (Å²) in [5.41, 5.74) is 11.3. The van der Waals surface area contributed by atoms with Crippen molar-refractivity contribution in [3.63, 3.8) is 0 Å². The van der Waals surface area contributed by atoms with Crippen LogP contribution in [0.2, 0.25) is 0 Å². The monoisotopic (exact) mass is 588 g/mol. The maximum Gasteiger partial charge on any atom is 0.310 e. The van der Waals surface area contributed by atoms with E-state index in [-0.39, 0.29) is 33.0 Å². The Morgan fingerprint density at radius 1 is 1.02 bits per heavy atom. The average molecular weight is 589 g/mol. The van der Waals surface area contributed by atoms with Crippen molar-refractivity contribution in [2.75, 3.05) is 5.73 Å². The molecule has 5 aliphatic carbocycles. The molecule has 7 unspecified atom stereocenters. The van der Waals surface area contributed by atoms with Crippen LogP contribution in [0.25, 0.3) is 5.57 Å². The molecule has 7 rings (SSSR count). The first kappa shape index (κ1) is 29.0. The van der Waals surface area contributed by atoms with Crippen molar-refractivity contribution in [2.24, 2.45) is 44.8 Å². The number of H-pyrrole nitrogens is 1. The number of rotatable bonds is 2. The summed E-state index contributed by atoms with van der Waals surface area (Å²) in [6, 6.07) is 3.36. The molecule has 0 saturated heterocycles. The zero-order chi connectivity index (χ0) is 31.0. The van der Waals surface area contributed by atoms with Gasteiger partial charge in [-0.1, -0.05) is 54.0 Å². The molecule has 4 N–H and O–H groups in total. The van der Waals surface area contributed by atoms with E-state index >= 15 is 0 Å². The fourth-order valence-electron chi connectivity index (χ4n) is 12.0. The van der Waals surface area contributed by atoms with Crippen LogP contribution >= 0.6 is 0 Å². The number of aliphatic carboxylic acids is 1. The van der Waals surface area contributed by atoms with E-state index < -0.39 is 17.3 Å². The molecule has 0 aliphatic heterocycles. The number of carboxylic acid groups (broad SMARTS) is 1. The minimum absolute atomic E-state index is 0.0249. The van der Waals surface area contributed by atoms with Crippen molar-refractivity contribution in [3.05, 3.63) is 46.7 Å². The highest BCUT2D eigenvalue weighted by Crippen LogP contribution is 2.77. The van der Waals surface area contributed by atoms with Crippen LogP contribution < -0.4 is 5.73 Å². The van der Waals surface area contributed by atoms with Crippen LogP contribution in [0, 0.1) is 50.8 Å². The number of anilines is 1. The van der Waals surface area contributed by atoms with E-state index in [0.29, 0.717) is 30.5 Å². The third kappa shape index (κ3) is 3.60. The number of aromatic amines is 1. The molecular weight excluding hydrogens is 539 g/mol. The van der Waals surface area contributed by atoms with E-state index in [1.54, 1.807) is 6.20 Å². The Kier molecular flexibility index (Phi) is 5.89. The molecule has 0 bridgehead atoms. The molecule has 43 heavy (non-hydrogen) atoms. The van der Waals surface area contributed by atoms with Crippen LogP contribution in [0.5, 0.6) is 0 Å². The van der Waals surface area contributed by atoms with Crippen LogP contribution in [0.1, 0.15) is 117 Å². The number of carbonyl (C=O) groups is 1. The second kappa shape index (κ2) is 8.72. The van der Waals surface area contributed by atoms with Gasteiger partial charge in [0.05, 0.1) is 11.1 Å². The molecule has 3 saturated carbocycles. The van der Waals surface area contributed by atoms with Gasteiger partial charge in [-0.2, -0.15) is 9.49 Å². The molecule has 2 aromatic heterocycles. The van der Waals surface area contributed by atoms with E-state index in [1.165, 1.54) is 22.8 Å². The third-order valence-corrected chi connectivity index (χ3v) is 14.4. The van der Waals surface area contributed by atoms with Crippen LogP contribution in [-0.2, 0) is 16.6 Å². The Labute approximate surface area is 255 Å². The zero-order valence-corrected chi connectivity index (χ0v) is 27.0. The number of nitrogens with zero attached hydrogens (tertiary/aromatic N) is 2. The standard InChI is InChI=1S/C36H49FN4O2/c1-31(2)12-14-36(30(42)43)15-13-35(7)27(23(36)18-31)21(20-8-9-26(37)39-19-20)16-25-33(5)17-22-28(40-41-29(22)38)32(3,4)24(33)10-11-34(25,35)6/h8-9,19,23-25H,10-18H2,1-7H3,(H,42,43)(H3,38,40,41). The summed E-state index contributed by atoms with van der Waals surface area (Å²) in [6.45, 7) is 16.8. The minimum Gasteiger partial charge on any atom is -0.481 e. The number of fused-ring (bicyclic) bond motifs is 8. The summed E-state index contributed by atoms with van der Waals surface area (Å²) in [7, 11) is 0. The van der Waals surface area contributed by atoms with Crippen molar-refractivity contribution in [1.29, 1.82) is 0 Å². The smallest absolute Gasteiger partial charge is 0.310 e. The Morgan fingerprint density at radius 3 is 2.42 bits per heavy atom. The second-order valence-electron chi connectivity index (χ2n) is 17.1. The molecule has 0 aromatic carbocycles. The average Bonchev–Trinajstić information content (AvgIpc) is 3.29. The van der Waals surface area contributed by atoms with Crippen molar-refractivity contribution in [2.45, 2.75) is 112 Å². The molecule has 2 aromatic rings. The van der Waals surface area contributed by atoms with Gasteiger partial charge >= 0.3 is 5.97 Å². The lowest BCUT2D eigenvalue weighted by Gasteiger charge is -2.71. The lowest BCUT2D eigenvalue weighted by atomic mass is 9.33. The third-order valence-electron chi connectivity index (χ3n) is 14.4. The molecule has 0 spiro atoms. The molecule has 0 radical (unpaired) electrons. The maximum atomic E-state index is 14.2. The highest BCUT2D eigenvalue weighted by molar-refractivity contribution is 5.80. The summed E-state index contributed by atoms with van der Waals surface area (Å²) in [4.78, 5) is 17.4. The van der Waals surface area contributed by atoms with E-state index in [1.807, 2.05) is 6.07 Å². The van der Waals surface area contributed by atoms with Gasteiger partial charge in [-0.25, -0.2) is 4.98 Å². The summed E-state index contributed by atoms with van der Waals surface area (Å²) < 4.78 is 14.2. The number of aromatic nitrogens is 3. The largest absolute Gasteiger partial charge is 0.481 e. The maximum absolute atomic E-state index is 14.2. The summed E-state index contributed by atoms with van der Waals surface area (Å²) in [5.74, 6) is 0.282. The first-order chi connectivity index (χ1) is 20.0. The van der Waals surface area contributed by atoms with Gasteiger partial charge in [0.1, 0.15) is 5.82 Å². The number of hydrogen-bond donors (Lipinski definition) is 3. The molecule has 5 aliphatic rings. The van der Waals surface area contributed by atoms with Gasteiger partial charge in [-0.05, 0) is 120 Å². The number of nitrogens with one attached hydrogen (secondary N) is 1. The SMILES string of the molecule is CC1(C)CCC2(C(=O)O)CCC3(C)C(=C(c4ccc(F)nc4)CC4C5(C)Cc6c(n[nH]c6N)C(C)(C)C5CCC43C)C2C1. The predicted molar refractivity (Wildman–Crippen MR) is 166 cm³/mol. The van der Waals surface area contributed by atoms with Crippen LogP contribution in [0.3, 0.4) is 0 Å². The van der Waals surface area contributed by atoms with Crippen molar-refractivity contribution >= 4 is 17.4 Å². The highest BCUT2D eigenvalue weighted by Gasteiger charge is 2.70. The molecule has 232 valence electrons. The van der Waals surface area contributed by atoms with Crippen LogP contribution in [0.15, 0.2) is 23.9 Å². The number of nitrogens with two attached hydrogens (primary N) is 1. The van der Waals surface area contributed by atoms with Gasteiger partial charge in [0.25, 0.3) is 0 Å². The van der Waals surface area contributed by atoms with E-state index in [4.69, 9.17) is 10.8 Å². The number of nitrogen functional groups attached to an aromatic ring is 1. The Balaban J connectivity index is 1.48. The van der Waals surface area contributed by atoms with Gasteiger partial charge in [-0.15, -0.1) is 0 Å². The summed E-state index contributed by atoms with van der Waals surface area (Å²) >= 11 is 0. The van der Waals surface area contributed by atoms with Gasteiger partial charge in [-0.3, -0.25) is 9.89 Å². The number of halogens is 1. The summed E-state index contributed by atoms with van der Waals surface area (Å²) in [5, 5.41) is 18.7. The highest BCUT2D eigenvalue weighted by atomic mass is 19.1. The van der Waals surface area contributed by atoms with Gasteiger partial charge in [0.15, 0.2) is 0 Å². The fraction of sp³-hybridized carbons (Fsp3) is 0.694. The van der Waals surface area contributed by atoms with E-state index in [2.05, 4.69) is 58.5 Å². The summed E-state index contributed by atoms with van der Waals surface area (Å²) in [6.07, 6.45) is 9.72. The quantitative estimate of drug-likeness (QED) is 0.309. The first-order valence-electron chi connectivity index (χ1n) is 16.4. The normalized spacial score (nSPS) is 40.9. The Hall–Kier alpha value is -2.70. The van der Waals surface area contributed by atoms with Crippen molar-refractivity contribution < 1.29 is 14.3 Å². The van der Waals surface area contributed by atoms with Crippen LogP contribution in [-0.4, -0.2) is 26.3 Å². The fourth-order valence-corrected chi connectivity index (χ4v) is 12.0. The number of carboxylic acids is 1. The van der Waals surface area contributed by atoms with Crippen LogP contribution in [0.4, 0.5) is 10.2 Å². The molecule has 6 nitrogen and oxygen atoms in total.